The van der Waals surface area contributed by atoms with E-state index in [0.29, 0.717) is 19.7 Å². The van der Waals surface area contributed by atoms with Gasteiger partial charge in [-0.2, -0.15) is 0 Å². The van der Waals surface area contributed by atoms with Gasteiger partial charge in [0.25, 0.3) is 0 Å². The zero-order valence-electron chi connectivity index (χ0n) is 43.3. The number of nitrogens with one attached hydrogen (secondary N) is 1. The number of amides is 2. The van der Waals surface area contributed by atoms with Gasteiger partial charge in [-0.25, -0.2) is 4.79 Å². The van der Waals surface area contributed by atoms with Crippen LogP contribution in [0, 0.1) is 0 Å². The number of carbonyl (C=O) groups is 2. The molecule has 0 radical (unpaired) electrons. The van der Waals surface area contributed by atoms with Gasteiger partial charge in [0.1, 0.15) is 0 Å². The lowest BCUT2D eigenvalue weighted by Gasteiger charge is -2.29. The highest BCUT2D eigenvalue weighted by atomic mass is 79.9. The number of fused-ring (bicyclic) bond motifs is 6. The summed E-state index contributed by atoms with van der Waals surface area (Å²) in [5.74, 6) is 0.157. The maximum absolute atomic E-state index is 12.1. The first kappa shape index (κ1) is 55.6. The van der Waals surface area contributed by atoms with Crippen molar-refractivity contribution in [2.24, 2.45) is 0 Å². The topological polar surface area (TPSA) is 101 Å². The Morgan fingerprint density at radius 1 is 0.494 bits per heavy atom. The second-order valence-corrected chi connectivity index (χ2v) is 24.3. The minimum Gasteiger partial charge on any atom is -0.450 e. The highest BCUT2D eigenvalue weighted by molar-refractivity contribution is 9.11. The van der Waals surface area contributed by atoms with E-state index in [9.17, 15) is 9.59 Å². The molecule has 77 heavy (non-hydrogen) atoms. The van der Waals surface area contributed by atoms with Gasteiger partial charge < -0.3 is 19.9 Å². The number of nitrogens with zero attached hydrogens (tertiary/aromatic N) is 5. The van der Waals surface area contributed by atoms with Crippen molar-refractivity contribution >= 4 is 111 Å². The van der Waals surface area contributed by atoms with Gasteiger partial charge in [-0.3, -0.25) is 19.7 Å². The number of aromatic nitrogens is 3. The summed E-state index contributed by atoms with van der Waals surface area (Å²) in [5.41, 5.74) is 22.9. The Hall–Kier alpha value is -4.66. The van der Waals surface area contributed by atoms with Crippen LogP contribution in [0.2, 0.25) is 15.1 Å². The fraction of sp³-hybridized carbons (Fsp3) is 0.339. The second-order valence-electron chi connectivity index (χ2n) is 20.3. The van der Waals surface area contributed by atoms with Crippen molar-refractivity contribution in [2.75, 3.05) is 45.9 Å². The number of benzene rings is 3. The molecule has 0 saturated carbocycles. The summed E-state index contributed by atoms with van der Waals surface area (Å²) in [6, 6.07) is 25.2. The van der Waals surface area contributed by atoms with Crippen LogP contribution in [0.4, 0.5) is 4.79 Å². The third-order valence-electron chi connectivity index (χ3n) is 15.5. The zero-order chi connectivity index (χ0) is 53.7. The molecule has 6 aliphatic rings. The smallest absolute Gasteiger partial charge is 0.409 e. The van der Waals surface area contributed by atoms with Crippen LogP contribution in [0.15, 0.2) is 122 Å². The molecule has 3 fully saturated rings. The molecule has 0 unspecified atom stereocenters. The predicted octanol–water partition coefficient (Wildman–Crippen LogP) is 15.5. The molecule has 0 bridgehead atoms. The summed E-state index contributed by atoms with van der Waals surface area (Å²) in [6.45, 7) is 8.90. The van der Waals surface area contributed by atoms with Gasteiger partial charge >= 0.3 is 6.09 Å². The summed E-state index contributed by atoms with van der Waals surface area (Å²) in [4.78, 5) is 41.9. The normalized spacial score (nSPS) is 16.8. The van der Waals surface area contributed by atoms with E-state index in [1.807, 2.05) is 48.6 Å². The van der Waals surface area contributed by atoms with E-state index >= 15 is 0 Å². The Bertz CT molecular complexity index is 3180. The van der Waals surface area contributed by atoms with Crippen molar-refractivity contribution in [1.82, 2.24) is 30.1 Å². The van der Waals surface area contributed by atoms with Crippen LogP contribution in [-0.2, 0) is 48.1 Å². The second kappa shape index (κ2) is 25.2. The number of rotatable bonds is 1. The van der Waals surface area contributed by atoms with Crippen molar-refractivity contribution in [3.8, 4) is 0 Å². The summed E-state index contributed by atoms with van der Waals surface area (Å²) >= 11 is 29.5. The van der Waals surface area contributed by atoms with Crippen LogP contribution in [0.1, 0.15) is 120 Å². The maximum Gasteiger partial charge on any atom is 0.409 e. The minimum atomic E-state index is -0.220. The van der Waals surface area contributed by atoms with Crippen LogP contribution < -0.4 is 5.32 Å². The Morgan fingerprint density at radius 3 is 1.18 bits per heavy atom. The van der Waals surface area contributed by atoms with Crippen LogP contribution in [0.5, 0.6) is 0 Å². The standard InChI is InChI=1S/C22H22BrClN2O2.C21H20BrClN2O.C19H18BrClN2/c1-2-28-22(27)26-9-7-14(8-10-26)20-19-6-5-18(24)12-15(19)3-4-16-11-17(23)13-25-21(16)20;1-13(26)25-8-6-14(7-9-25)20-19-5-4-18(23)11-15(19)2-3-16-10-17(22)12-24-21(16)20;20-15-9-14-2-1-13-10-16(21)3-4-17(13)18(19(14)23-11-15)12-5-7-22-8-6-12/h5-6,11-13H,2-4,7-10H2,1H3;4-5,10-12H,2-3,6-9H2,1H3;3-4,9-11,22H,1-2,5-8H2. The monoisotopic (exact) mass is 1280 g/mol. The lowest BCUT2D eigenvalue weighted by Crippen LogP contribution is -2.37. The molecule has 1 N–H and O–H groups in total. The quantitative estimate of drug-likeness (QED) is 0.175. The lowest BCUT2D eigenvalue weighted by molar-refractivity contribution is -0.129. The fourth-order valence-corrected chi connectivity index (χ4v) is 13.5. The van der Waals surface area contributed by atoms with Crippen LogP contribution >= 0.6 is 82.6 Å². The van der Waals surface area contributed by atoms with E-state index in [-0.39, 0.29) is 12.0 Å². The molecule has 3 aromatic heterocycles. The van der Waals surface area contributed by atoms with E-state index in [1.54, 1.807) is 11.8 Å². The van der Waals surface area contributed by atoms with Gasteiger partial charge in [-0.05, 0) is 250 Å². The van der Waals surface area contributed by atoms with Gasteiger partial charge in [0.05, 0.1) is 23.7 Å². The molecule has 15 heteroatoms. The average molecular weight is 1280 g/mol. The van der Waals surface area contributed by atoms with Gasteiger partial charge in [-0.1, -0.05) is 69.7 Å². The molecule has 12 rings (SSSR count). The van der Waals surface area contributed by atoms with Gasteiger partial charge in [-0.15, -0.1) is 0 Å². The molecule has 2 amide bonds. The Labute approximate surface area is 492 Å². The van der Waals surface area contributed by atoms with Crippen LogP contribution in [-0.4, -0.2) is 82.6 Å². The number of piperidine rings is 3. The molecule has 3 aliphatic heterocycles. The van der Waals surface area contributed by atoms with Gasteiger partial charge in [0.2, 0.25) is 5.91 Å². The van der Waals surface area contributed by atoms with Crippen molar-refractivity contribution in [3.63, 3.8) is 0 Å². The van der Waals surface area contributed by atoms with Crippen LogP contribution in [0.25, 0.3) is 16.7 Å². The molecule has 9 nitrogen and oxygen atoms in total. The van der Waals surface area contributed by atoms with E-state index in [2.05, 4.69) is 108 Å². The van der Waals surface area contributed by atoms with Gasteiger partial charge in [0, 0.05) is 96.9 Å². The van der Waals surface area contributed by atoms with Gasteiger partial charge in [0.15, 0.2) is 0 Å². The third-order valence-corrected chi connectivity index (χ3v) is 17.5. The molecule has 6 heterocycles. The Balaban J connectivity index is 0.000000132. The predicted molar refractivity (Wildman–Crippen MR) is 322 cm³/mol. The number of hydrogen-bond acceptors (Lipinski definition) is 7. The third kappa shape index (κ3) is 12.9. The van der Waals surface area contributed by atoms with Crippen molar-refractivity contribution in [2.45, 2.75) is 90.9 Å². The Kier molecular flexibility index (Phi) is 18.2. The first-order chi connectivity index (χ1) is 37.3. The van der Waals surface area contributed by atoms with E-state index in [4.69, 9.17) is 54.5 Å². The Morgan fingerprint density at radius 2 is 0.831 bits per heavy atom. The average Bonchev–Trinajstić information content (AvgIpc) is 3.84. The maximum atomic E-state index is 12.1. The van der Waals surface area contributed by atoms with Crippen LogP contribution in [0.3, 0.4) is 0 Å². The highest BCUT2D eigenvalue weighted by Gasteiger charge is 2.30. The molecule has 3 aliphatic carbocycles. The molecular formula is C62H60Br3Cl3N6O3. The zero-order valence-corrected chi connectivity index (χ0v) is 50.3. The summed E-state index contributed by atoms with van der Waals surface area (Å²) in [6.07, 6.45) is 16.9. The molecule has 0 atom stereocenters. The molecule has 398 valence electrons. The molecular weight excluding hydrogens is 1220 g/mol. The molecule has 3 aromatic carbocycles. The number of hydrogen-bond donors (Lipinski definition) is 1. The molecule has 0 spiro atoms. The number of pyridine rings is 3. The van der Waals surface area contributed by atoms with Crippen molar-refractivity contribution in [1.29, 1.82) is 0 Å². The molecule has 6 aromatic rings. The van der Waals surface area contributed by atoms with E-state index in [0.717, 1.165) is 149 Å². The summed E-state index contributed by atoms with van der Waals surface area (Å²) in [7, 11) is 0. The minimum absolute atomic E-state index is 0.157. The highest BCUT2D eigenvalue weighted by Crippen LogP contribution is 2.42. The lowest BCUT2D eigenvalue weighted by atomic mass is 9.88. The largest absolute Gasteiger partial charge is 0.450 e. The first-order valence-corrected chi connectivity index (χ1v) is 30.2. The molecule has 3 saturated heterocycles. The number of likely N-dealkylation sites (tertiary alicyclic amines) is 2. The number of halogens is 6. The first-order valence-electron chi connectivity index (χ1n) is 26.7. The van der Waals surface area contributed by atoms with E-state index < -0.39 is 0 Å². The van der Waals surface area contributed by atoms with Crippen molar-refractivity contribution in [3.05, 3.63) is 204 Å². The van der Waals surface area contributed by atoms with Crippen molar-refractivity contribution < 1.29 is 14.3 Å². The summed E-state index contributed by atoms with van der Waals surface area (Å²) < 4.78 is 8.22. The number of carbonyl (C=O) groups excluding carboxylic acids is 2. The fourth-order valence-electron chi connectivity index (χ4n) is 11.7. The summed E-state index contributed by atoms with van der Waals surface area (Å²) in [5, 5.41) is 5.81. The number of ether oxygens (including phenoxy) is 1. The number of aryl methyl sites for hydroxylation is 6. The SMILES string of the molecule is CC(=O)N1CCC(=C2c3ccc(Cl)cc3CCc3cc(Br)cnc32)CC1.CCOC(=O)N1CCC(=C2c3ccc(Cl)cc3CCc3cc(Br)cnc32)CC1.Clc1ccc2c(c1)CCc1cc(Br)cnc1C2=C1CCNCC1. The van der Waals surface area contributed by atoms with E-state index in [1.165, 1.54) is 83.5 Å².